The van der Waals surface area contributed by atoms with Gasteiger partial charge in [0.1, 0.15) is 22.7 Å². The summed E-state index contributed by atoms with van der Waals surface area (Å²) in [5.41, 5.74) is 4.92. The Hall–Kier alpha value is -4.20. The lowest BCUT2D eigenvalue weighted by Gasteiger charge is -2.39. The predicted octanol–water partition coefficient (Wildman–Crippen LogP) is 6.29. The normalized spacial score (nSPS) is 15.3. The molecule has 7 heteroatoms. The van der Waals surface area contributed by atoms with Crippen LogP contribution >= 0.6 is 0 Å². The van der Waals surface area contributed by atoms with Gasteiger partial charge in [0.15, 0.2) is 0 Å². The average molecular weight is 564 g/mol. The molecule has 1 fully saturated rings. The number of hydrogen-bond acceptors (Lipinski definition) is 7. The van der Waals surface area contributed by atoms with Crippen LogP contribution in [-0.4, -0.2) is 65.7 Å². The van der Waals surface area contributed by atoms with E-state index in [2.05, 4.69) is 47.2 Å². The topological polar surface area (TPSA) is 79.0 Å². The van der Waals surface area contributed by atoms with Crippen molar-refractivity contribution in [3.63, 3.8) is 0 Å². The molecule has 3 aromatic carbocycles. The Morgan fingerprint density at radius 3 is 2.45 bits per heavy atom. The first-order valence-electron chi connectivity index (χ1n) is 14.7. The molecule has 2 aromatic heterocycles. The number of nitrogens with zero attached hydrogens (tertiary/aromatic N) is 3. The number of phenolic OH excluding ortho intramolecular Hbond substituents is 1. The van der Waals surface area contributed by atoms with Crippen LogP contribution in [-0.2, 0) is 17.6 Å². The average Bonchev–Trinajstić information content (AvgIpc) is 3.36. The number of pyridine rings is 1. The standard InChI is InChI=1S/C35H37N3O4/c1-4-41-35(40)29-23(2)42-34-28-13-9-8-12-27(28)33(39)31(30(29)34)32(38-20-18-37(3)19-21-38)25-16-17-36-26(22-25)15-14-24-10-6-5-7-11-24/h5-13,16-17,22,32,39H,4,14-15,18-21H2,1-3H3. The van der Waals surface area contributed by atoms with Crippen LogP contribution < -0.4 is 0 Å². The monoisotopic (exact) mass is 563 g/mol. The first kappa shape index (κ1) is 27.9. The van der Waals surface area contributed by atoms with Gasteiger partial charge in [0.05, 0.1) is 12.6 Å². The number of esters is 1. The van der Waals surface area contributed by atoms with E-state index in [-0.39, 0.29) is 18.4 Å². The lowest BCUT2D eigenvalue weighted by Crippen LogP contribution is -2.46. The van der Waals surface area contributed by atoms with Gasteiger partial charge in [-0.05, 0) is 57.0 Å². The molecule has 7 nitrogen and oxygen atoms in total. The smallest absolute Gasteiger partial charge is 0.342 e. The fourth-order valence-corrected chi connectivity index (χ4v) is 6.22. The molecule has 5 aromatic rings. The molecule has 1 aliphatic heterocycles. The van der Waals surface area contributed by atoms with Crippen molar-refractivity contribution in [3.8, 4) is 5.75 Å². The number of carbonyl (C=O) groups is 1. The predicted molar refractivity (Wildman–Crippen MR) is 165 cm³/mol. The SMILES string of the molecule is CCOC(=O)c1c(C)oc2c1c(C(c1ccnc(CCc3ccccc3)c1)N1CCN(C)CC1)c(O)c1ccccc12. The molecule has 0 spiro atoms. The first-order valence-corrected chi connectivity index (χ1v) is 14.7. The van der Waals surface area contributed by atoms with Gasteiger partial charge in [0, 0.05) is 59.8 Å². The number of rotatable bonds is 8. The van der Waals surface area contributed by atoms with Gasteiger partial charge < -0.3 is 19.2 Å². The number of carbonyl (C=O) groups excluding carboxylic acids is 1. The molecule has 1 saturated heterocycles. The summed E-state index contributed by atoms with van der Waals surface area (Å²) in [5.74, 6) is 0.201. The molecule has 0 saturated carbocycles. The maximum absolute atomic E-state index is 13.4. The van der Waals surface area contributed by atoms with E-state index in [1.807, 2.05) is 42.6 Å². The minimum atomic E-state index is -0.444. The van der Waals surface area contributed by atoms with Crippen LogP contribution in [0.15, 0.2) is 77.3 Å². The van der Waals surface area contributed by atoms with Gasteiger partial charge in [-0.1, -0.05) is 54.6 Å². The second-order valence-electron chi connectivity index (χ2n) is 11.1. The highest BCUT2D eigenvalue weighted by molar-refractivity contribution is 6.16. The number of benzene rings is 3. The Balaban J connectivity index is 1.56. The van der Waals surface area contributed by atoms with Crippen LogP contribution in [0.25, 0.3) is 21.7 Å². The highest BCUT2D eigenvalue weighted by atomic mass is 16.5. The second kappa shape index (κ2) is 12.0. The fourth-order valence-electron chi connectivity index (χ4n) is 6.22. The molecule has 0 bridgehead atoms. The van der Waals surface area contributed by atoms with Crippen LogP contribution in [0.5, 0.6) is 5.75 Å². The molecule has 0 amide bonds. The van der Waals surface area contributed by atoms with Crippen molar-refractivity contribution in [2.75, 3.05) is 39.8 Å². The lowest BCUT2D eigenvalue weighted by atomic mass is 9.88. The molecule has 1 unspecified atom stereocenters. The molecule has 0 aliphatic carbocycles. The van der Waals surface area contributed by atoms with E-state index in [4.69, 9.17) is 14.1 Å². The van der Waals surface area contributed by atoms with Gasteiger partial charge in [-0.15, -0.1) is 0 Å². The highest BCUT2D eigenvalue weighted by Gasteiger charge is 2.34. The van der Waals surface area contributed by atoms with Gasteiger partial charge in [-0.3, -0.25) is 9.88 Å². The molecular weight excluding hydrogens is 526 g/mol. The zero-order chi connectivity index (χ0) is 29.2. The maximum Gasteiger partial charge on any atom is 0.342 e. The third kappa shape index (κ3) is 5.26. The number of hydrogen-bond donors (Lipinski definition) is 1. The van der Waals surface area contributed by atoms with Crippen molar-refractivity contribution in [1.82, 2.24) is 14.8 Å². The molecule has 42 heavy (non-hydrogen) atoms. The van der Waals surface area contributed by atoms with Crippen molar-refractivity contribution >= 4 is 27.7 Å². The molecule has 6 rings (SSSR count). The van der Waals surface area contributed by atoms with E-state index >= 15 is 0 Å². The van der Waals surface area contributed by atoms with Crippen molar-refractivity contribution in [3.05, 3.63) is 107 Å². The van der Waals surface area contributed by atoms with E-state index in [0.29, 0.717) is 33.2 Å². The maximum atomic E-state index is 13.4. The van der Waals surface area contributed by atoms with E-state index in [1.165, 1.54) is 5.56 Å². The molecule has 3 heterocycles. The van der Waals surface area contributed by atoms with E-state index < -0.39 is 5.97 Å². The Kier molecular flexibility index (Phi) is 7.96. The number of aromatic hydroxyl groups is 1. The van der Waals surface area contributed by atoms with Gasteiger partial charge >= 0.3 is 5.97 Å². The fraction of sp³-hybridized carbons (Fsp3) is 0.314. The Bertz CT molecular complexity index is 1720. The third-order valence-corrected chi connectivity index (χ3v) is 8.36. The Morgan fingerprint density at radius 1 is 1.00 bits per heavy atom. The van der Waals surface area contributed by atoms with Gasteiger partial charge in [0.2, 0.25) is 0 Å². The molecule has 1 N–H and O–H groups in total. The van der Waals surface area contributed by atoms with E-state index in [0.717, 1.165) is 55.7 Å². The van der Waals surface area contributed by atoms with E-state index in [1.54, 1.807) is 13.8 Å². The van der Waals surface area contributed by atoms with Gasteiger partial charge in [0.25, 0.3) is 0 Å². The highest BCUT2D eigenvalue weighted by Crippen LogP contribution is 2.47. The number of fused-ring (bicyclic) bond motifs is 3. The number of furan rings is 1. The Labute approximate surface area is 246 Å². The van der Waals surface area contributed by atoms with Crippen LogP contribution in [0.1, 0.15) is 51.5 Å². The number of phenols is 1. The van der Waals surface area contributed by atoms with Crippen molar-refractivity contribution < 1.29 is 19.1 Å². The summed E-state index contributed by atoms with van der Waals surface area (Å²) in [6, 6.07) is 22.0. The number of aryl methyl sites for hydroxylation is 3. The summed E-state index contributed by atoms with van der Waals surface area (Å²) < 4.78 is 11.8. The first-order chi connectivity index (χ1) is 20.5. The van der Waals surface area contributed by atoms with E-state index in [9.17, 15) is 9.90 Å². The van der Waals surface area contributed by atoms with Crippen molar-refractivity contribution in [2.45, 2.75) is 32.7 Å². The minimum absolute atomic E-state index is 0.163. The van der Waals surface area contributed by atoms with Crippen LogP contribution in [0.2, 0.25) is 0 Å². The van der Waals surface area contributed by atoms with Crippen LogP contribution in [0.3, 0.4) is 0 Å². The number of ether oxygens (including phenoxy) is 1. The Morgan fingerprint density at radius 2 is 1.71 bits per heavy atom. The molecule has 1 atom stereocenters. The number of likely N-dealkylation sites (N-methyl/N-ethyl adjacent to an activating group) is 1. The van der Waals surface area contributed by atoms with Gasteiger partial charge in [-0.2, -0.15) is 0 Å². The largest absolute Gasteiger partial charge is 0.507 e. The number of piperazine rings is 1. The van der Waals surface area contributed by atoms with Crippen LogP contribution in [0, 0.1) is 6.92 Å². The molecule has 0 radical (unpaired) electrons. The summed E-state index contributed by atoms with van der Waals surface area (Å²) in [5, 5.41) is 14.2. The zero-order valence-corrected chi connectivity index (χ0v) is 24.5. The molecule has 1 aliphatic rings. The zero-order valence-electron chi connectivity index (χ0n) is 24.5. The minimum Gasteiger partial charge on any atom is -0.507 e. The summed E-state index contributed by atoms with van der Waals surface area (Å²) in [7, 11) is 2.13. The third-order valence-electron chi connectivity index (χ3n) is 8.36. The number of aromatic nitrogens is 1. The van der Waals surface area contributed by atoms with Gasteiger partial charge in [-0.25, -0.2) is 4.79 Å². The quantitative estimate of drug-likeness (QED) is 0.222. The molecular formula is C35H37N3O4. The summed E-state index contributed by atoms with van der Waals surface area (Å²) >= 11 is 0. The second-order valence-corrected chi connectivity index (χ2v) is 11.1. The summed E-state index contributed by atoms with van der Waals surface area (Å²) in [6.07, 6.45) is 3.54. The van der Waals surface area contributed by atoms with Crippen molar-refractivity contribution in [1.29, 1.82) is 0 Å². The van der Waals surface area contributed by atoms with Crippen molar-refractivity contribution in [2.24, 2.45) is 0 Å². The summed E-state index contributed by atoms with van der Waals surface area (Å²) in [4.78, 5) is 22.8. The summed E-state index contributed by atoms with van der Waals surface area (Å²) in [6.45, 7) is 7.25. The lowest BCUT2D eigenvalue weighted by molar-refractivity contribution is 0.0526. The van der Waals surface area contributed by atoms with Crippen LogP contribution in [0.4, 0.5) is 0 Å². The molecule has 216 valence electrons.